The zero-order valence-electron chi connectivity index (χ0n) is 11.1. The van der Waals surface area contributed by atoms with E-state index < -0.39 is 0 Å². The highest BCUT2D eigenvalue weighted by Crippen LogP contribution is 2.24. The summed E-state index contributed by atoms with van der Waals surface area (Å²) in [6, 6.07) is 7.88. The van der Waals surface area contributed by atoms with E-state index in [4.69, 9.17) is 0 Å². The van der Waals surface area contributed by atoms with Gasteiger partial charge in [0.2, 0.25) is 5.91 Å². The number of hydrogen-bond donors (Lipinski definition) is 3. The Balaban J connectivity index is 1.42. The van der Waals surface area contributed by atoms with Crippen LogP contribution >= 0.6 is 0 Å². The molecule has 0 bridgehead atoms. The van der Waals surface area contributed by atoms with Gasteiger partial charge in [-0.2, -0.15) is 5.10 Å². The number of carbonyl (C=O) groups excluding carboxylic acids is 1. The summed E-state index contributed by atoms with van der Waals surface area (Å²) in [6.07, 6.45) is 3.89. The Bertz CT molecular complexity index is 556. The van der Waals surface area contributed by atoms with E-state index in [-0.39, 0.29) is 11.9 Å². The second kappa shape index (κ2) is 5.73. The number of H-pyrrole nitrogens is 1. The Morgan fingerprint density at radius 2 is 2.30 bits per heavy atom. The number of aromatic nitrogens is 3. The molecular weight excluding hydrogens is 254 g/mol. The van der Waals surface area contributed by atoms with Gasteiger partial charge in [0, 0.05) is 25.1 Å². The van der Waals surface area contributed by atoms with Crippen molar-refractivity contribution in [1.82, 2.24) is 20.5 Å². The highest BCUT2D eigenvalue weighted by molar-refractivity contribution is 5.87. The second-order valence-corrected chi connectivity index (χ2v) is 4.88. The lowest BCUT2D eigenvalue weighted by molar-refractivity contribution is -0.121. The summed E-state index contributed by atoms with van der Waals surface area (Å²) in [5.41, 5.74) is 2.27. The molecule has 1 atom stereocenters. The van der Waals surface area contributed by atoms with E-state index in [1.807, 2.05) is 18.2 Å². The standard InChI is InChI=1S/C14H17N5O/c20-14(15-7-3-6-13-16-9-17-19-13)12-8-10-4-1-2-5-11(10)18-12/h1-2,4-5,9,12,18H,3,6-8H2,(H,15,20)(H,16,17,19)/t12-/m0/s1. The highest BCUT2D eigenvalue weighted by Gasteiger charge is 2.25. The SMILES string of the molecule is O=C(NCCCc1ncn[nH]1)[C@@H]1Cc2ccccc2N1. The predicted molar refractivity (Wildman–Crippen MR) is 75.3 cm³/mol. The van der Waals surface area contributed by atoms with Gasteiger partial charge >= 0.3 is 0 Å². The fourth-order valence-electron chi connectivity index (χ4n) is 2.40. The third kappa shape index (κ3) is 2.79. The number of rotatable bonds is 5. The van der Waals surface area contributed by atoms with Crippen molar-refractivity contribution in [2.45, 2.75) is 25.3 Å². The van der Waals surface area contributed by atoms with Crippen molar-refractivity contribution in [3.63, 3.8) is 0 Å². The minimum Gasteiger partial charge on any atom is -0.373 e. The van der Waals surface area contributed by atoms with Crippen molar-refractivity contribution >= 4 is 11.6 Å². The van der Waals surface area contributed by atoms with Crippen molar-refractivity contribution in [1.29, 1.82) is 0 Å². The number of aryl methyl sites for hydroxylation is 1. The van der Waals surface area contributed by atoms with Gasteiger partial charge in [-0.25, -0.2) is 4.98 Å². The molecule has 3 rings (SSSR count). The predicted octanol–water partition coefficient (Wildman–Crippen LogP) is 0.890. The van der Waals surface area contributed by atoms with Crippen LogP contribution in [0.3, 0.4) is 0 Å². The molecule has 0 saturated heterocycles. The lowest BCUT2D eigenvalue weighted by Crippen LogP contribution is -2.38. The molecule has 1 aromatic carbocycles. The minimum atomic E-state index is -0.155. The van der Waals surface area contributed by atoms with Crippen molar-refractivity contribution < 1.29 is 4.79 Å². The van der Waals surface area contributed by atoms with Gasteiger partial charge in [0.05, 0.1) is 0 Å². The lowest BCUT2D eigenvalue weighted by Gasteiger charge is -2.11. The molecule has 1 aromatic heterocycles. The molecule has 20 heavy (non-hydrogen) atoms. The van der Waals surface area contributed by atoms with E-state index in [1.54, 1.807) is 0 Å². The Morgan fingerprint density at radius 3 is 3.10 bits per heavy atom. The van der Waals surface area contributed by atoms with Gasteiger partial charge in [0.1, 0.15) is 18.2 Å². The number of hydrogen-bond acceptors (Lipinski definition) is 4. The quantitative estimate of drug-likeness (QED) is 0.705. The highest BCUT2D eigenvalue weighted by atomic mass is 16.2. The zero-order chi connectivity index (χ0) is 13.8. The molecule has 6 heteroatoms. The van der Waals surface area contributed by atoms with E-state index >= 15 is 0 Å². The fourth-order valence-corrected chi connectivity index (χ4v) is 2.40. The monoisotopic (exact) mass is 271 g/mol. The van der Waals surface area contributed by atoms with E-state index in [1.165, 1.54) is 11.9 Å². The van der Waals surface area contributed by atoms with E-state index in [0.717, 1.165) is 30.8 Å². The number of para-hydroxylation sites is 1. The van der Waals surface area contributed by atoms with Crippen molar-refractivity contribution in [2.24, 2.45) is 0 Å². The molecule has 0 fully saturated rings. The molecule has 0 aliphatic carbocycles. The summed E-state index contributed by atoms with van der Waals surface area (Å²) < 4.78 is 0. The van der Waals surface area contributed by atoms with Gasteiger partial charge in [-0.1, -0.05) is 18.2 Å². The van der Waals surface area contributed by atoms with E-state index in [0.29, 0.717) is 6.54 Å². The smallest absolute Gasteiger partial charge is 0.242 e. The molecule has 0 saturated carbocycles. The molecule has 1 aliphatic heterocycles. The Hall–Kier alpha value is -2.37. The van der Waals surface area contributed by atoms with E-state index in [2.05, 4.69) is 31.9 Å². The third-order valence-electron chi connectivity index (χ3n) is 3.44. The number of nitrogens with zero attached hydrogens (tertiary/aromatic N) is 2. The molecule has 0 unspecified atom stereocenters. The van der Waals surface area contributed by atoms with Crippen molar-refractivity contribution in [3.8, 4) is 0 Å². The number of aromatic amines is 1. The molecule has 104 valence electrons. The zero-order valence-corrected chi connectivity index (χ0v) is 11.1. The van der Waals surface area contributed by atoms with Gasteiger partial charge in [0.25, 0.3) is 0 Å². The first kappa shape index (κ1) is 12.7. The van der Waals surface area contributed by atoms with Crippen LogP contribution in [-0.4, -0.2) is 33.7 Å². The van der Waals surface area contributed by atoms with Gasteiger partial charge in [-0.15, -0.1) is 0 Å². The molecule has 3 N–H and O–H groups in total. The van der Waals surface area contributed by atoms with Crippen LogP contribution in [0.4, 0.5) is 5.69 Å². The summed E-state index contributed by atoms with van der Waals surface area (Å²) in [6.45, 7) is 0.647. The Morgan fingerprint density at radius 1 is 1.40 bits per heavy atom. The summed E-state index contributed by atoms with van der Waals surface area (Å²) >= 11 is 0. The molecule has 0 radical (unpaired) electrons. The van der Waals surface area contributed by atoms with Crippen molar-refractivity contribution in [2.75, 3.05) is 11.9 Å². The summed E-state index contributed by atoms with van der Waals surface area (Å²) in [5.74, 6) is 0.907. The molecular formula is C14H17N5O. The first-order chi connectivity index (χ1) is 9.83. The molecule has 2 aromatic rings. The van der Waals surface area contributed by atoms with E-state index in [9.17, 15) is 4.79 Å². The second-order valence-electron chi connectivity index (χ2n) is 4.88. The summed E-state index contributed by atoms with van der Waals surface area (Å²) in [4.78, 5) is 16.1. The van der Waals surface area contributed by atoms with Gasteiger partial charge < -0.3 is 10.6 Å². The van der Waals surface area contributed by atoms with Crippen LogP contribution in [0.2, 0.25) is 0 Å². The Labute approximate surface area is 117 Å². The van der Waals surface area contributed by atoms with Gasteiger partial charge in [-0.3, -0.25) is 9.89 Å². The first-order valence-electron chi connectivity index (χ1n) is 6.79. The number of carbonyl (C=O) groups is 1. The van der Waals surface area contributed by atoms with Crippen LogP contribution in [0.5, 0.6) is 0 Å². The maximum absolute atomic E-state index is 12.1. The van der Waals surface area contributed by atoms with Gasteiger partial charge in [0.15, 0.2) is 0 Å². The van der Waals surface area contributed by atoms with Gasteiger partial charge in [-0.05, 0) is 18.1 Å². The number of anilines is 1. The third-order valence-corrected chi connectivity index (χ3v) is 3.44. The number of amides is 1. The maximum Gasteiger partial charge on any atom is 0.242 e. The normalized spacial score (nSPS) is 16.5. The van der Waals surface area contributed by atoms with Crippen LogP contribution in [0.1, 0.15) is 17.8 Å². The number of fused-ring (bicyclic) bond motifs is 1. The molecule has 1 aliphatic rings. The lowest BCUT2D eigenvalue weighted by atomic mass is 10.1. The minimum absolute atomic E-state index is 0.0544. The molecule has 6 nitrogen and oxygen atoms in total. The first-order valence-corrected chi connectivity index (χ1v) is 6.79. The maximum atomic E-state index is 12.1. The van der Waals surface area contributed by atoms with Crippen LogP contribution in [0.15, 0.2) is 30.6 Å². The van der Waals surface area contributed by atoms with Crippen molar-refractivity contribution in [3.05, 3.63) is 42.0 Å². The number of benzene rings is 1. The molecule has 1 amide bonds. The summed E-state index contributed by atoms with van der Waals surface area (Å²) in [7, 11) is 0. The molecule has 2 heterocycles. The largest absolute Gasteiger partial charge is 0.373 e. The van der Waals surface area contributed by atoms with Crippen LogP contribution in [0.25, 0.3) is 0 Å². The topological polar surface area (TPSA) is 82.7 Å². The average Bonchev–Trinajstić information content (AvgIpc) is 3.12. The summed E-state index contributed by atoms with van der Waals surface area (Å²) in [5, 5.41) is 12.8. The van der Waals surface area contributed by atoms with Crippen LogP contribution in [-0.2, 0) is 17.6 Å². The average molecular weight is 271 g/mol. The number of nitrogens with one attached hydrogen (secondary N) is 3. The molecule has 0 spiro atoms. The Kier molecular flexibility index (Phi) is 3.62. The van der Waals surface area contributed by atoms with Crippen LogP contribution in [0, 0.1) is 0 Å². The fraction of sp³-hybridized carbons (Fsp3) is 0.357. The van der Waals surface area contributed by atoms with Crippen LogP contribution < -0.4 is 10.6 Å².